The molecule has 24 heavy (non-hydrogen) atoms. The Hall–Kier alpha value is -2.08. The van der Waals surface area contributed by atoms with Crippen molar-refractivity contribution in [2.24, 2.45) is 0 Å². The third-order valence-corrected chi connectivity index (χ3v) is 4.30. The number of carbonyl (C=O) groups is 2. The van der Waals surface area contributed by atoms with E-state index in [1.54, 1.807) is 7.11 Å². The van der Waals surface area contributed by atoms with Gasteiger partial charge >= 0.3 is 5.97 Å². The zero-order chi connectivity index (χ0) is 17.4. The van der Waals surface area contributed by atoms with Crippen LogP contribution in [0.2, 0.25) is 0 Å². The number of nitrogens with one attached hydrogen (secondary N) is 1. The molecule has 1 N–H and O–H groups in total. The van der Waals surface area contributed by atoms with E-state index >= 15 is 0 Å². The van der Waals surface area contributed by atoms with Gasteiger partial charge in [-0.2, -0.15) is 0 Å². The Balaban J connectivity index is 1.82. The minimum Gasteiger partial charge on any atom is -0.497 e. The van der Waals surface area contributed by atoms with Gasteiger partial charge in [-0.1, -0.05) is 12.1 Å². The van der Waals surface area contributed by atoms with E-state index in [9.17, 15) is 9.59 Å². The van der Waals surface area contributed by atoms with Gasteiger partial charge in [0.2, 0.25) is 5.91 Å². The molecule has 0 saturated carbocycles. The number of likely N-dealkylation sites (tertiary alicyclic amines) is 1. The molecule has 0 bridgehead atoms. The molecule has 0 aliphatic carbocycles. The fourth-order valence-corrected chi connectivity index (χ4v) is 3.04. The molecule has 1 aromatic carbocycles. The smallest absolute Gasteiger partial charge is 0.305 e. The van der Waals surface area contributed by atoms with Crippen LogP contribution in [0.1, 0.15) is 37.3 Å². The van der Waals surface area contributed by atoms with Gasteiger partial charge in [0.1, 0.15) is 5.75 Å². The minimum atomic E-state index is -0.248. The van der Waals surface area contributed by atoms with Crippen molar-refractivity contribution >= 4 is 11.9 Å². The Kier molecular flexibility index (Phi) is 7.06. The number of rotatable bonds is 8. The van der Waals surface area contributed by atoms with Crippen molar-refractivity contribution in [1.82, 2.24) is 10.2 Å². The number of esters is 1. The molecule has 1 unspecified atom stereocenters. The van der Waals surface area contributed by atoms with Crippen LogP contribution in [0.15, 0.2) is 24.3 Å². The summed E-state index contributed by atoms with van der Waals surface area (Å²) in [6, 6.07) is 8.28. The molecule has 1 saturated heterocycles. The molecule has 1 aromatic rings. The minimum absolute atomic E-state index is 0.00494. The summed E-state index contributed by atoms with van der Waals surface area (Å²) in [6.07, 6.45) is 3.05. The molecule has 1 heterocycles. The predicted molar refractivity (Wildman–Crippen MR) is 90.8 cm³/mol. The molecular weight excluding hydrogens is 308 g/mol. The number of hydrogen-bond donors (Lipinski definition) is 1. The van der Waals surface area contributed by atoms with E-state index in [-0.39, 0.29) is 17.9 Å². The molecule has 0 radical (unpaired) electrons. The molecule has 6 heteroatoms. The third-order valence-electron chi connectivity index (χ3n) is 4.30. The van der Waals surface area contributed by atoms with Crippen LogP contribution in [0.25, 0.3) is 0 Å². The van der Waals surface area contributed by atoms with Crippen molar-refractivity contribution in [3.05, 3.63) is 29.8 Å². The van der Waals surface area contributed by atoms with Gasteiger partial charge in [0.15, 0.2) is 0 Å². The first-order valence-corrected chi connectivity index (χ1v) is 8.35. The second kappa shape index (κ2) is 9.27. The molecule has 1 aliphatic heterocycles. The molecule has 132 valence electrons. The summed E-state index contributed by atoms with van der Waals surface area (Å²) < 4.78 is 9.87. The summed E-state index contributed by atoms with van der Waals surface area (Å²) in [5.74, 6) is 0.586. The molecular formula is C18H26N2O4. The summed E-state index contributed by atoms with van der Waals surface area (Å²) in [5.41, 5.74) is 1.19. The van der Waals surface area contributed by atoms with Crippen LogP contribution in [0, 0.1) is 0 Å². The van der Waals surface area contributed by atoms with Crippen molar-refractivity contribution in [3.63, 3.8) is 0 Å². The lowest BCUT2D eigenvalue weighted by Crippen LogP contribution is -2.37. The molecule has 6 nitrogen and oxygen atoms in total. The first-order valence-electron chi connectivity index (χ1n) is 8.35. The average molecular weight is 334 g/mol. The predicted octanol–water partition coefficient (Wildman–Crippen LogP) is 1.90. The van der Waals surface area contributed by atoms with Crippen molar-refractivity contribution in [2.75, 3.05) is 33.9 Å². The maximum absolute atomic E-state index is 12.1. The Labute approximate surface area is 143 Å². The van der Waals surface area contributed by atoms with Gasteiger partial charge in [0.25, 0.3) is 0 Å². The lowest BCUT2D eigenvalue weighted by molar-refractivity contribution is -0.140. The van der Waals surface area contributed by atoms with Crippen LogP contribution in [0.3, 0.4) is 0 Å². The largest absolute Gasteiger partial charge is 0.497 e. The first-order chi connectivity index (χ1) is 11.6. The standard InChI is InChI=1S/C18H26N2O4/c1-23-15-7-3-6-14(12-15)16-8-5-11-20(16)13-17(21)19-10-4-9-18(22)24-2/h3,6-7,12,16H,4-5,8-11,13H2,1-2H3,(H,19,21). The van der Waals surface area contributed by atoms with Crippen LogP contribution in [0.4, 0.5) is 0 Å². The highest BCUT2D eigenvalue weighted by Gasteiger charge is 2.27. The monoisotopic (exact) mass is 334 g/mol. The van der Waals surface area contributed by atoms with E-state index in [0.717, 1.165) is 25.1 Å². The zero-order valence-electron chi connectivity index (χ0n) is 14.4. The van der Waals surface area contributed by atoms with Gasteiger partial charge in [-0.25, -0.2) is 0 Å². The number of hydrogen-bond acceptors (Lipinski definition) is 5. The molecule has 0 aromatic heterocycles. The van der Waals surface area contributed by atoms with E-state index in [0.29, 0.717) is 25.9 Å². The second-order valence-electron chi connectivity index (χ2n) is 5.93. The molecule has 1 atom stereocenters. The van der Waals surface area contributed by atoms with Crippen molar-refractivity contribution in [3.8, 4) is 5.75 Å². The number of benzene rings is 1. The first kappa shape index (κ1) is 18.3. The van der Waals surface area contributed by atoms with Crippen LogP contribution in [-0.4, -0.2) is 50.6 Å². The van der Waals surface area contributed by atoms with Crippen molar-refractivity contribution in [2.45, 2.75) is 31.7 Å². The Morgan fingerprint density at radius 3 is 2.92 bits per heavy atom. The van der Waals surface area contributed by atoms with Crippen molar-refractivity contribution in [1.29, 1.82) is 0 Å². The van der Waals surface area contributed by atoms with Gasteiger partial charge < -0.3 is 14.8 Å². The normalized spacial score (nSPS) is 17.5. The molecule has 1 fully saturated rings. The lowest BCUT2D eigenvalue weighted by atomic mass is 10.0. The fraction of sp³-hybridized carbons (Fsp3) is 0.556. The maximum Gasteiger partial charge on any atom is 0.305 e. The second-order valence-corrected chi connectivity index (χ2v) is 5.93. The van der Waals surface area contributed by atoms with Gasteiger partial charge in [-0.15, -0.1) is 0 Å². The van der Waals surface area contributed by atoms with E-state index in [1.807, 2.05) is 18.2 Å². The Bertz CT molecular complexity index is 562. The van der Waals surface area contributed by atoms with E-state index in [2.05, 4.69) is 21.0 Å². The number of amides is 1. The van der Waals surface area contributed by atoms with Gasteiger partial charge in [-0.3, -0.25) is 14.5 Å². The van der Waals surface area contributed by atoms with Gasteiger partial charge in [0.05, 0.1) is 20.8 Å². The third kappa shape index (κ3) is 5.23. The molecule has 1 amide bonds. The lowest BCUT2D eigenvalue weighted by Gasteiger charge is -2.24. The van der Waals surface area contributed by atoms with E-state index in [1.165, 1.54) is 12.7 Å². The summed E-state index contributed by atoms with van der Waals surface area (Å²) in [6.45, 7) is 1.78. The summed E-state index contributed by atoms with van der Waals surface area (Å²) in [4.78, 5) is 25.4. The average Bonchev–Trinajstić information content (AvgIpc) is 3.06. The van der Waals surface area contributed by atoms with Gasteiger partial charge in [0, 0.05) is 19.0 Å². The Morgan fingerprint density at radius 2 is 2.17 bits per heavy atom. The summed E-state index contributed by atoms with van der Waals surface area (Å²) >= 11 is 0. The quantitative estimate of drug-likeness (QED) is 0.581. The maximum atomic E-state index is 12.1. The SMILES string of the molecule is COC(=O)CCCNC(=O)CN1CCCC1c1cccc(OC)c1. The number of ether oxygens (including phenoxy) is 2. The van der Waals surface area contributed by atoms with Crippen molar-refractivity contribution < 1.29 is 19.1 Å². The summed E-state index contributed by atoms with van der Waals surface area (Å²) in [7, 11) is 3.03. The molecule has 1 aliphatic rings. The van der Waals surface area contributed by atoms with Gasteiger partial charge in [-0.05, 0) is 43.5 Å². The van der Waals surface area contributed by atoms with Crippen LogP contribution in [0.5, 0.6) is 5.75 Å². The molecule has 2 rings (SSSR count). The topological polar surface area (TPSA) is 67.9 Å². The highest BCUT2D eigenvalue weighted by atomic mass is 16.5. The van der Waals surface area contributed by atoms with Crippen LogP contribution < -0.4 is 10.1 Å². The Morgan fingerprint density at radius 1 is 1.33 bits per heavy atom. The number of nitrogens with zero attached hydrogens (tertiary/aromatic N) is 1. The number of carbonyl (C=O) groups excluding carboxylic acids is 2. The van der Waals surface area contributed by atoms with E-state index in [4.69, 9.17) is 4.74 Å². The zero-order valence-corrected chi connectivity index (χ0v) is 14.4. The highest BCUT2D eigenvalue weighted by molar-refractivity contribution is 5.78. The number of methoxy groups -OCH3 is 2. The van der Waals surface area contributed by atoms with Crippen LogP contribution >= 0.6 is 0 Å². The highest BCUT2D eigenvalue weighted by Crippen LogP contribution is 2.32. The fourth-order valence-electron chi connectivity index (χ4n) is 3.04. The summed E-state index contributed by atoms with van der Waals surface area (Å²) in [5, 5.41) is 2.87. The van der Waals surface area contributed by atoms with Crippen LogP contribution in [-0.2, 0) is 14.3 Å². The molecule has 0 spiro atoms. The van der Waals surface area contributed by atoms with E-state index < -0.39 is 0 Å².